The number of carbonyl (C=O) groups excluding carboxylic acids is 1. The summed E-state index contributed by atoms with van der Waals surface area (Å²) >= 11 is 0. The topological polar surface area (TPSA) is 77.2 Å². The van der Waals surface area contributed by atoms with Gasteiger partial charge in [-0.2, -0.15) is 23.0 Å². The van der Waals surface area contributed by atoms with Crippen molar-refractivity contribution < 1.29 is 18.0 Å². The molecule has 0 bridgehead atoms. The minimum Gasteiger partial charge on any atom is -0.338 e. The third kappa shape index (κ3) is 4.95. The predicted molar refractivity (Wildman–Crippen MR) is 121 cm³/mol. The Balaban J connectivity index is 2.20. The molecule has 0 atom stereocenters. The van der Waals surface area contributed by atoms with Crippen LogP contribution in [0.2, 0.25) is 0 Å². The molecule has 0 aliphatic rings. The molecule has 10 heteroatoms. The Labute approximate surface area is 194 Å². The first kappa shape index (κ1) is 24.9. The zero-order chi connectivity index (χ0) is 25.2. The van der Waals surface area contributed by atoms with Gasteiger partial charge in [-0.1, -0.05) is 18.2 Å². The maximum absolute atomic E-state index is 13.3. The van der Waals surface area contributed by atoms with E-state index in [1.54, 1.807) is 32.0 Å². The highest BCUT2D eigenvalue weighted by atomic mass is 19.4. The van der Waals surface area contributed by atoms with Gasteiger partial charge in [0.05, 0.1) is 17.8 Å². The lowest BCUT2D eigenvalue weighted by Gasteiger charge is -2.19. The molecule has 1 aromatic heterocycles. The minimum absolute atomic E-state index is 0.297. The van der Waals surface area contributed by atoms with Crippen LogP contribution in [0.15, 0.2) is 52.1 Å². The number of alkyl halides is 3. The van der Waals surface area contributed by atoms with E-state index in [1.165, 1.54) is 17.0 Å². The van der Waals surface area contributed by atoms with Gasteiger partial charge in [0.1, 0.15) is 0 Å². The second-order valence-electron chi connectivity index (χ2n) is 7.87. The van der Waals surface area contributed by atoms with Gasteiger partial charge in [0.15, 0.2) is 0 Å². The number of hydrogen-bond acceptors (Lipinski definition) is 4. The SMILES string of the molecule is CCN(CC)C(=O)c1nn(-c2ccc(C)c(C)c2)c(=O)n(Cc2ccc(C(F)(F)F)cc2)c1=O. The molecule has 0 aliphatic carbocycles. The summed E-state index contributed by atoms with van der Waals surface area (Å²) in [5, 5.41) is 4.11. The predicted octanol–water partition coefficient (Wildman–Crippen LogP) is 3.56. The molecule has 1 amide bonds. The number of amides is 1. The summed E-state index contributed by atoms with van der Waals surface area (Å²) in [4.78, 5) is 40.8. The highest BCUT2D eigenvalue weighted by molar-refractivity contribution is 5.91. The van der Waals surface area contributed by atoms with Gasteiger partial charge >= 0.3 is 11.9 Å². The molecule has 0 saturated heterocycles. The molecule has 7 nitrogen and oxygen atoms in total. The van der Waals surface area contributed by atoms with Crippen LogP contribution in [0.5, 0.6) is 0 Å². The number of hydrogen-bond donors (Lipinski definition) is 0. The van der Waals surface area contributed by atoms with Crippen LogP contribution in [0, 0.1) is 13.8 Å². The van der Waals surface area contributed by atoms with Crippen LogP contribution >= 0.6 is 0 Å². The number of halogens is 3. The van der Waals surface area contributed by atoms with E-state index in [9.17, 15) is 27.6 Å². The van der Waals surface area contributed by atoms with Crippen LogP contribution < -0.4 is 11.2 Å². The average Bonchev–Trinajstić information content (AvgIpc) is 2.79. The molecule has 0 saturated carbocycles. The van der Waals surface area contributed by atoms with Crippen LogP contribution in [0.25, 0.3) is 5.69 Å². The molecule has 1 heterocycles. The standard InChI is InChI=1S/C24H25F3N4O3/c1-5-29(6-2)21(32)20-22(33)30(14-17-8-10-18(11-9-17)24(25,26)27)23(34)31(28-20)19-12-7-15(3)16(4)13-19/h7-13H,5-6,14H2,1-4H3. The second kappa shape index (κ2) is 9.66. The average molecular weight is 474 g/mol. The largest absolute Gasteiger partial charge is 0.416 e. The molecule has 0 aliphatic heterocycles. The first-order chi connectivity index (χ1) is 16.0. The molecule has 34 heavy (non-hydrogen) atoms. The van der Waals surface area contributed by atoms with Crippen LogP contribution in [-0.4, -0.2) is 38.2 Å². The maximum Gasteiger partial charge on any atom is 0.416 e. The van der Waals surface area contributed by atoms with Gasteiger partial charge in [-0.25, -0.2) is 4.79 Å². The molecular weight excluding hydrogens is 449 g/mol. The fraction of sp³-hybridized carbons (Fsp3) is 0.333. The highest BCUT2D eigenvalue weighted by Gasteiger charge is 2.30. The maximum atomic E-state index is 13.3. The molecule has 180 valence electrons. The summed E-state index contributed by atoms with van der Waals surface area (Å²) in [6.45, 7) is 7.60. The fourth-order valence-electron chi connectivity index (χ4n) is 3.46. The third-order valence-electron chi connectivity index (χ3n) is 5.67. The molecular formula is C24H25F3N4O3. The number of aryl methyl sites for hydroxylation is 2. The van der Waals surface area contributed by atoms with Crippen molar-refractivity contribution in [1.82, 2.24) is 19.2 Å². The van der Waals surface area contributed by atoms with Crippen LogP contribution in [-0.2, 0) is 12.7 Å². The summed E-state index contributed by atoms with van der Waals surface area (Å²) in [5.74, 6) is -0.631. The van der Waals surface area contributed by atoms with E-state index < -0.39 is 34.6 Å². The molecule has 0 fully saturated rings. The van der Waals surface area contributed by atoms with Gasteiger partial charge < -0.3 is 4.90 Å². The van der Waals surface area contributed by atoms with Gasteiger partial charge in [-0.3, -0.25) is 14.2 Å². The van der Waals surface area contributed by atoms with Crippen molar-refractivity contribution in [1.29, 1.82) is 0 Å². The summed E-state index contributed by atoms with van der Waals surface area (Å²) in [7, 11) is 0. The summed E-state index contributed by atoms with van der Waals surface area (Å²) in [6.07, 6.45) is -4.51. The summed E-state index contributed by atoms with van der Waals surface area (Å²) in [6, 6.07) is 9.30. The van der Waals surface area contributed by atoms with Gasteiger partial charge in [0.25, 0.3) is 11.5 Å². The Bertz CT molecular complexity index is 1320. The van der Waals surface area contributed by atoms with Gasteiger partial charge in [0.2, 0.25) is 5.69 Å². The normalized spacial score (nSPS) is 11.5. The van der Waals surface area contributed by atoms with E-state index in [-0.39, 0.29) is 6.54 Å². The number of nitrogens with zero attached hydrogens (tertiary/aromatic N) is 4. The molecule has 3 aromatic rings. The number of rotatable bonds is 6. The van der Waals surface area contributed by atoms with Crippen molar-refractivity contribution in [3.63, 3.8) is 0 Å². The Morgan fingerprint density at radius 2 is 1.59 bits per heavy atom. The van der Waals surface area contributed by atoms with Crippen LogP contribution in [0.1, 0.15) is 46.6 Å². The Kier molecular flexibility index (Phi) is 7.09. The quantitative estimate of drug-likeness (QED) is 0.548. The van der Waals surface area contributed by atoms with Crippen molar-refractivity contribution in [3.05, 3.63) is 91.3 Å². The number of benzene rings is 2. The highest BCUT2D eigenvalue weighted by Crippen LogP contribution is 2.29. The molecule has 0 radical (unpaired) electrons. The molecule has 0 spiro atoms. The monoisotopic (exact) mass is 474 g/mol. The van der Waals surface area contributed by atoms with E-state index in [1.807, 2.05) is 13.8 Å². The lowest BCUT2D eigenvalue weighted by molar-refractivity contribution is -0.137. The van der Waals surface area contributed by atoms with E-state index in [0.29, 0.717) is 24.3 Å². The van der Waals surface area contributed by atoms with Crippen molar-refractivity contribution in [2.24, 2.45) is 0 Å². The van der Waals surface area contributed by atoms with Crippen molar-refractivity contribution in [2.45, 2.75) is 40.4 Å². The Hall–Kier alpha value is -3.69. The minimum atomic E-state index is -4.51. The van der Waals surface area contributed by atoms with E-state index in [4.69, 9.17) is 0 Å². The molecule has 3 rings (SSSR count). The van der Waals surface area contributed by atoms with E-state index in [0.717, 1.165) is 32.5 Å². The van der Waals surface area contributed by atoms with Crippen molar-refractivity contribution >= 4 is 5.91 Å². The van der Waals surface area contributed by atoms with Crippen molar-refractivity contribution in [2.75, 3.05) is 13.1 Å². The van der Waals surface area contributed by atoms with E-state index >= 15 is 0 Å². The first-order valence-electron chi connectivity index (χ1n) is 10.7. The number of carbonyl (C=O) groups is 1. The summed E-state index contributed by atoms with van der Waals surface area (Å²) in [5.41, 5.74) is -0.463. The molecule has 2 aromatic carbocycles. The lowest BCUT2D eigenvalue weighted by atomic mass is 10.1. The number of aromatic nitrogens is 3. The Morgan fingerprint density at radius 3 is 2.12 bits per heavy atom. The lowest BCUT2D eigenvalue weighted by Crippen LogP contribution is -2.46. The van der Waals surface area contributed by atoms with Gasteiger partial charge in [0, 0.05) is 13.1 Å². The van der Waals surface area contributed by atoms with Gasteiger partial charge in [-0.05, 0) is 68.7 Å². The fourth-order valence-corrected chi connectivity index (χ4v) is 3.46. The smallest absolute Gasteiger partial charge is 0.338 e. The van der Waals surface area contributed by atoms with E-state index in [2.05, 4.69) is 5.10 Å². The molecule has 0 unspecified atom stereocenters. The third-order valence-corrected chi connectivity index (χ3v) is 5.67. The zero-order valence-corrected chi connectivity index (χ0v) is 19.3. The molecule has 0 N–H and O–H groups in total. The second-order valence-corrected chi connectivity index (χ2v) is 7.87. The van der Waals surface area contributed by atoms with Crippen molar-refractivity contribution in [3.8, 4) is 5.69 Å². The summed E-state index contributed by atoms with van der Waals surface area (Å²) < 4.78 is 40.5. The van der Waals surface area contributed by atoms with Gasteiger partial charge in [-0.15, -0.1) is 0 Å². The van der Waals surface area contributed by atoms with Crippen LogP contribution in [0.4, 0.5) is 13.2 Å². The zero-order valence-electron chi connectivity index (χ0n) is 19.3. The first-order valence-corrected chi connectivity index (χ1v) is 10.7. The van der Waals surface area contributed by atoms with Crippen LogP contribution in [0.3, 0.4) is 0 Å². The Morgan fingerprint density at radius 1 is 0.971 bits per heavy atom.